The number of carboxylic acids is 1. The fourth-order valence-electron chi connectivity index (χ4n) is 2.34. The van der Waals surface area contributed by atoms with E-state index in [-0.39, 0.29) is 15.8 Å². The summed E-state index contributed by atoms with van der Waals surface area (Å²) in [5.74, 6) is -1.36. The van der Waals surface area contributed by atoms with Crippen molar-refractivity contribution in [1.82, 2.24) is 3.96 Å². The van der Waals surface area contributed by atoms with E-state index in [1.165, 1.54) is 24.7 Å². The van der Waals surface area contributed by atoms with Crippen LogP contribution in [-0.2, 0) is 6.54 Å². The number of unbranched alkanes of at least 4 members (excludes halogenated alkanes) is 1. The minimum atomic E-state index is -1.10. The summed E-state index contributed by atoms with van der Waals surface area (Å²) in [5, 5.41) is 9.86. The third-order valence-electron chi connectivity index (χ3n) is 3.67. The number of carbonyl (C=O) groups excluding carboxylic acids is 1. The number of hydrogen-bond donors (Lipinski definition) is 1. The summed E-state index contributed by atoms with van der Waals surface area (Å²) < 4.78 is 7.19. The van der Waals surface area contributed by atoms with Crippen molar-refractivity contribution >= 4 is 35.0 Å². The molecule has 0 saturated carbocycles. The molecule has 1 aromatic heterocycles. The van der Waals surface area contributed by atoms with E-state index in [4.69, 9.17) is 16.3 Å². The van der Waals surface area contributed by atoms with Gasteiger partial charge in [-0.25, -0.2) is 4.79 Å². The highest BCUT2D eigenvalue weighted by molar-refractivity contribution is 7.04. The number of hydrogen-bond acceptors (Lipinski definition) is 4. The lowest BCUT2D eigenvalue weighted by molar-refractivity contribution is 0.0694. The van der Waals surface area contributed by atoms with Gasteiger partial charge in [0.15, 0.2) is 4.67 Å². The molecule has 1 heterocycles. The van der Waals surface area contributed by atoms with E-state index in [0.717, 1.165) is 12.8 Å². The minimum Gasteiger partial charge on any atom is -0.496 e. The molecule has 1 aromatic carbocycles. The molecule has 2 aromatic rings. The standard InChI is InChI=1S/C17H19ClN2O4S/c1-4-5-8-20-10(2)14(17(22)23)16(25-20)19-15(21)12-9-11(18)6-7-13(12)24-3/h6-7,9H,4-5,8H2,1-3H3,(H,22,23). The van der Waals surface area contributed by atoms with Crippen molar-refractivity contribution in [2.45, 2.75) is 33.2 Å². The van der Waals surface area contributed by atoms with E-state index in [9.17, 15) is 14.7 Å². The third-order valence-corrected chi connectivity index (χ3v) is 5.05. The van der Waals surface area contributed by atoms with Crippen LogP contribution in [0.2, 0.25) is 5.02 Å². The summed E-state index contributed by atoms with van der Waals surface area (Å²) in [7, 11) is 1.44. The van der Waals surface area contributed by atoms with Crippen molar-refractivity contribution in [3.05, 3.63) is 44.7 Å². The molecule has 8 heteroatoms. The number of halogens is 1. The Balaban J connectivity index is 2.55. The van der Waals surface area contributed by atoms with Gasteiger partial charge in [-0.3, -0.25) is 8.75 Å². The molecule has 0 radical (unpaired) electrons. The number of rotatable bonds is 6. The van der Waals surface area contributed by atoms with Crippen LogP contribution in [0.1, 0.15) is 46.2 Å². The van der Waals surface area contributed by atoms with Crippen LogP contribution in [-0.4, -0.2) is 28.0 Å². The molecule has 0 aliphatic heterocycles. The average molecular weight is 383 g/mol. The van der Waals surface area contributed by atoms with Gasteiger partial charge in [0, 0.05) is 17.3 Å². The van der Waals surface area contributed by atoms with Gasteiger partial charge in [0.05, 0.1) is 12.7 Å². The molecule has 1 amide bonds. The van der Waals surface area contributed by atoms with Crippen molar-refractivity contribution in [3.63, 3.8) is 0 Å². The number of benzene rings is 1. The minimum absolute atomic E-state index is 0.0513. The molecule has 0 aliphatic rings. The Morgan fingerprint density at radius 2 is 2.12 bits per heavy atom. The van der Waals surface area contributed by atoms with Crippen LogP contribution < -0.4 is 9.41 Å². The highest BCUT2D eigenvalue weighted by Crippen LogP contribution is 2.23. The molecule has 25 heavy (non-hydrogen) atoms. The fraction of sp³-hybridized carbons (Fsp3) is 0.353. The number of carboxylic acid groups (broad SMARTS) is 1. The number of aromatic nitrogens is 1. The van der Waals surface area contributed by atoms with Crippen LogP contribution in [0.5, 0.6) is 5.75 Å². The summed E-state index contributed by atoms with van der Waals surface area (Å²) in [6.07, 6.45) is 1.90. The molecule has 0 atom stereocenters. The zero-order chi connectivity index (χ0) is 18.6. The van der Waals surface area contributed by atoms with Crippen LogP contribution in [0.25, 0.3) is 0 Å². The zero-order valence-corrected chi connectivity index (χ0v) is 15.8. The number of ether oxygens (including phenoxy) is 1. The molecule has 0 fully saturated rings. The van der Waals surface area contributed by atoms with Gasteiger partial charge < -0.3 is 9.84 Å². The van der Waals surface area contributed by atoms with E-state index in [2.05, 4.69) is 11.9 Å². The number of carbonyl (C=O) groups is 2. The van der Waals surface area contributed by atoms with Crippen molar-refractivity contribution < 1.29 is 19.4 Å². The predicted octanol–water partition coefficient (Wildman–Crippen LogP) is 3.76. The van der Waals surface area contributed by atoms with E-state index in [0.29, 0.717) is 23.0 Å². The second kappa shape index (κ2) is 8.31. The first-order chi connectivity index (χ1) is 11.9. The maximum Gasteiger partial charge on any atom is 0.340 e. The first-order valence-corrected chi connectivity index (χ1v) is 8.90. The Morgan fingerprint density at radius 1 is 1.40 bits per heavy atom. The van der Waals surface area contributed by atoms with Crippen molar-refractivity contribution in [2.75, 3.05) is 7.11 Å². The monoisotopic (exact) mass is 382 g/mol. The van der Waals surface area contributed by atoms with Crippen molar-refractivity contribution in [2.24, 2.45) is 4.99 Å². The van der Waals surface area contributed by atoms with Gasteiger partial charge in [-0.2, -0.15) is 4.99 Å². The predicted molar refractivity (Wildman–Crippen MR) is 96.8 cm³/mol. The molecular weight excluding hydrogens is 364 g/mol. The lowest BCUT2D eigenvalue weighted by atomic mass is 10.2. The molecular formula is C17H19ClN2O4S. The van der Waals surface area contributed by atoms with E-state index < -0.39 is 11.9 Å². The average Bonchev–Trinajstić information content (AvgIpc) is 2.88. The summed E-state index contributed by atoms with van der Waals surface area (Å²) in [6, 6.07) is 4.64. The van der Waals surface area contributed by atoms with E-state index in [1.807, 2.05) is 3.96 Å². The summed E-state index contributed by atoms with van der Waals surface area (Å²) >= 11 is 7.11. The second-order valence-corrected chi connectivity index (χ2v) is 6.83. The summed E-state index contributed by atoms with van der Waals surface area (Å²) in [4.78, 5) is 28.2. The van der Waals surface area contributed by atoms with Gasteiger partial charge in [-0.05, 0) is 43.1 Å². The van der Waals surface area contributed by atoms with Gasteiger partial charge in [-0.1, -0.05) is 24.9 Å². The van der Waals surface area contributed by atoms with E-state index >= 15 is 0 Å². The maximum atomic E-state index is 12.6. The largest absolute Gasteiger partial charge is 0.496 e. The molecule has 0 bridgehead atoms. The molecule has 0 saturated heterocycles. The first-order valence-electron chi connectivity index (χ1n) is 7.75. The third kappa shape index (κ3) is 4.29. The normalized spacial score (nSPS) is 11.6. The SMILES string of the molecule is CCCCn1sc(=NC(=O)c2cc(Cl)ccc2OC)c(C(=O)O)c1C. The molecule has 2 rings (SSSR count). The van der Waals surface area contributed by atoms with Crippen molar-refractivity contribution in [3.8, 4) is 5.75 Å². The van der Waals surface area contributed by atoms with Crippen LogP contribution in [0, 0.1) is 6.92 Å². The van der Waals surface area contributed by atoms with Crippen molar-refractivity contribution in [1.29, 1.82) is 0 Å². The summed E-state index contributed by atoms with van der Waals surface area (Å²) in [6.45, 7) is 4.47. The highest BCUT2D eigenvalue weighted by atomic mass is 35.5. The zero-order valence-electron chi connectivity index (χ0n) is 14.2. The highest BCUT2D eigenvalue weighted by Gasteiger charge is 2.19. The molecule has 0 unspecified atom stereocenters. The first kappa shape index (κ1) is 19.2. The summed E-state index contributed by atoms with van der Waals surface area (Å²) in [5.41, 5.74) is 0.837. The van der Waals surface area contributed by atoms with Crippen LogP contribution >= 0.6 is 23.1 Å². The Morgan fingerprint density at radius 3 is 2.72 bits per heavy atom. The van der Waals surface area contributed by atoms with Gasteiger partial charge >= 0.3 is 5.97 Å². The Bertz CT molecular complexity index is 870. The number of amides is 1. The molecule has 6 nitrogen and oxygen atoms in total. The lowest BCUT2D eigenvalue weighted by Crippen LogP contribution is -2.14. The number of aryl methyl sites for hydroxylation is 1. The van der Waals surface area contributed by atoms with E-state index in [1.54, 1.807) is 19.1 Å². The van der Waals surface area contributed by atoms with Crippen LogP contribution in [0.15, 0.2) is 23.2 Å². The van der Waals surface area contributed by atoms with Gasteiger partial charge in [0.25, 0.3) is 5.91 Å². The molecule has 1 N–H and O–H groups in total. The quantitative estimate of drug-likeness (QED) is 0.824. The molecule has 0 aliphatic carbocycles. The fourth-order valence-corrected chi connectivity index (χ4v) is 3.61. The maximum absolute atomic E-state index is 12.6. The number of aromatic carboxylic acids is 1. The smallest absolute Gasteiger partial charge is 0.340 e. The van der Waals surface area contributed by atoms with Gasteiger partial charge in [0.2, 0.25) is 0 Å². The Hall–Kier alpha value is -2.12. The molecule has 134 valence electrons. The number of nitrogens with zero attached hydrogens (tertiary/aromatic N) is 2. The van der Waals surface area contributed by atoms with Crippen LogP contribution in [0.3, 0.4) is 0 Å². The topological polar surface area (TPSA) is 80.9 Å². The second-order valence-electron chi connectivity index (χ2n) is 5.38. The van der Waals surface area contributed by atoms with Gasteiger partial charge in [0.1, 0.15) is 11.3 Å². The Kier molecular flexibility index (Phi) is 6.39. The Labute approximate surface area is 154 Å². The molecule has 0 spiro atoms. The lowest BCUT2D eigenvalue weighted by Gasteiger charge is -2.04. The van der Waals surface area contributed by atoms with Gasteiger partial charge in [-0.15, -0.1) is 0 Å². The van der Waals surface area contributed by atoms with Crippen LogP contribution in [0.4, 0.5) is 0 Å². The number of methoxy groups -OCH3 is 1.